The van der Waals surface area contributed by atoms with Crippen molar-refractivity contribution in [2.45, 2.75) is 128 Å². The standard InChI is InChI=1S/C38H54ClN3O10S.CH4/c1-21-12-11-13-28(49-10)38(47)20-27(50-35(46)40-38)22(2)33-37(6,52-33)29(51-34(45)23(3)41(7)30(43)14-15-36(4,5)53)19-31(44)42(8)25-17-24(16-21)18-26(48-9)32(25)39;/h11-13,17-18,22-23,27-29,33,47,53H,14-16,19-20H2,1-10H3,(H,40,46);1H4/b13-11+,21-12+;/t22-,23+,27+,28-,29+,33+,37+,38+;/m1./s1. The lowest BCUT2D eigenvalue weighted by molar-refractivity contribution is -0.162. The highest BCUT2D eigenvalue weighted by molar-refractivity contribution is 7.81. The first kappa shape index (κ1) is 45.1. The topological polar surface area (TPSA) is 156 Å². The summed E-state index contributed by atoms with van der Waals surface area (Å²) in [7, 11) is 6.02. The molecule has 4 rings (SSSR count). The molecule has 0 saturated carbocycles. The zero-order valence-electron chi connectivity index (χ0n) is 32.2. The van der Waals surface area contributed by atoms with E-state index in [4.69, 9.17) is 35.3 Å². The van der Waals surface area contributed by atoms with Gasteiger partial charge in [0.15, 0.2) is 5.72 Å². The molecular formula is C39H58ClN3O10S. The summed E-state index contributed by atoms with van der Waals surface area (Å²) in [5, 5.41) is 14.5. The third-order valence-electron chi connectivity index (χ3n) is 10.5. The van der Waals surface area contributed by atoms with E-state index >= 15 is 0 Å². The van der Waals surface area contributed by atoms with Gasteiger partial charge in [-0.25, -0.2) is 9.59 Å². The molecule has 0 spiro atoms. The molecule has 0 aliphatic carbocycles. The van der Waals surface area contributed by atoms with Gasteiger partial charge in [-0.05, 0) is 51.3 Å². The fourth-order valence-electron chi connectivity index (χ4n) is 6.81. The van der Waals surface area contributed by atoms with Gasteiger partial charge in [-0.15, -0.1) is 0 Å². The van der Waals surface area contributed by atoms with Crippen LogP contribution in [-0.2, 0) is 39.8 Å². The largest absolute Gasteiger partial charge is 0.495 e. The first-order valence-electron chi connectivity index (χ1n) is 17.7. The number of fused-ring (bicyclic) bond motifs is 5. The molecule has 2 saturated heterocycles. The lowest BCUT2D eigenvalue weighted by atomic mass is 9.83. The summed E-state index contributed by atoms with van der Waals surface area (Å²) in [6, 6.07) is 2.60. The number of nitrogens with zero attached hydrogens (tertiary/aromatic N) is 2. The minimum atomic E-state index is -1.83. The number of hydrogen-bond acceptors (Lipinski definition) is 11. The van der Waals surface area contributed by atoms with Crippen molar-refractivity contribution in [1.29, 1.82) is 0 Å². The number of rotatable bonds is 8. The van der Waals surface area contributed by atoms with Crippen molar-refractivity contribution in [3.05, 3.63) is 46.5 Å². The van der Waals surface area contributed by atoms with Crippen LogP contribution in [0.2, 0.25) is 5.02 Å². The number of alkyl carbamates (subject to hydrolysis) is 1. The number of allylic oxidation sites excluding steroid dienone is 3. The Kier molecular flexibility index (Phi) is 14.7. The number of halogens is 1. The lowest BCUT2D eigenvalue weighted by Gasteiger charge is -2.42. The molecule has 3 heterocycles. The molecule has 54 heavy (non-hydrogen) atoms. The van der Waals surface area contributed by atoms with Crippen LogP contribution in [0.15, 0.2) is 35.9 Å². The summed E-state index contributed by atoms with van der Waals surface area (Å²) in [6.45, 7) is 10.8. The van der Waals surface area contributed by atoms with Crippen molar-refractivity contribution >= 4 is 53.8 Å². The molecule has 1 aromatic rings. The number of hydrogen-bond donors (Lipinski definition) is 3. The molecule has 2 fully saturated rings. The Balaban J connectivity index is 0.00000784. The SMILES string of the molecule is C.COc1cc2cc(c1Cl)N(C)C(=O)C[C@H](OC(=O)[C@H](C)N(C)C(=O)CCC(C)(C)S)[C@]1(C)O[C@H]1[C@H](C)[C@@H]1C[C@@](O)(NC(=O)O1)[C@H](OC)/C=C/C=C(\C)C2. The number of nitrogens with one attached hydrogen (secondary N) is 1. The maximum atomic E-state index is 14.1. The zero-order valence-corrected chi connectivity index (χ0v) is 33.9. The summed E-state index contributed by atoms with van der Waals surface area (Å²) >= 11 is 11.3. The second-order valence-corrected chi connectivity index (χ2v) is 16.8. The average Bonchev–Trinajstić information content (AvgIpc) is 3.78. The molecule has 0 radical (unpaired) electrons. The monoisotopic (exact) mass is 795 g/mol. The highest BCUT2D eigenvalue weighted by atomic mass is 35.5. The van der Waals surface area contributed by atoms with Gasteiger partial charge in [0.25, 0.3) is 0 Å². The minimum absolute atomic E-state index is 0. The molecular weight excluding hydrogens is 738 g/mol. The van der Waals surface area contributed by atoms with Gasteiger partial charge in [-0.3, -0.25) is 14.9 Å². The van der Waals surface area contributed by atoms with Gasteiger partial charge in [0, 0.05) is 44.7 Å². The van der Waals surface area contributed by atoms with Crippen LogP contribution in [0, 0.1) is 5.92 Å². The number of benzene rings is 1. The van der Waals surface area contributed by atoms with Crippen molar-refractivity contribution in [2.24, 2.45) is 5.92 Å². The molecule has 0 aromatic heterocycles. The highest BCUT2D eigenvalue weighted by Gasteiger charge is 2.64. The number of methoxy groups -OCH3 is 2. The number of thiol groups is 1. The fourth-order valence-corrected chi connectivity index (χ4v) is 7.23. The number of likely N-dealkylation sites (N-methyl/N-ethyl adjacent to an activating group) is 1. The molecule has 3 amide bonds. The molecule has 13 nitrogen and oxygen atoms in total. The van der Waals surface area contributed by atoms with Gasteiger partial charge in [0.2, 0.25) is 11.8 Å². The van der Waals surface area contributed by atoms with Gasteiger partial charge in [-0.2, -0.15) is 12.6 Å². The lowest BCUT2D eigenvalue weighted by Crippen LogP contribution is -2.63. The van der Waals surface area contributed by atoms with Gasteiger partial charge >= 0.3 is 12.1 Å². The van der Waals surface area contributed by atoms with E-state index in [1.807, 2.05) is 26.8 Å². The third-order valence-corrected chi connectivity index (χ3v) is 11.1. The number of carbonyl (C=O) groups excluding carboxylic acids is 4. The van der Waals surface area contributed by atoms with E-state index < -0.39 is 65.7 Å². The van der Waals surface area contributed by atoms with Crippen molar-refractivity contribution in [3.8, 4) is 5.75 Å². The molecule has 15 heteroatoms. The molecule has 0 unspecified atom stereocenters. The van der Waals surface area contributed by atoms with Crippen LogP contribution in [-0.4, -0.2) is 109 Å². The van der Waals surface area contributed by atoms with Crippen molar-refractivity contribution in [3.63, 3.8) is 0 Å². The maximum absolute atomic E-state index is 14.1. The van der Waals surface area contributed by atoms with Crippen LogP contribution in [0.5, 0.6) is 5.75 Å². The van der Waals surface area contributed by atoms with E-state index in [0.717, 1.165) is 11.1 Å². The van der Waals surface area contributed by atoms with Gasteiger partial charge in [0.1, 0.15) is 40.7 Å². The Bertz CT molecular complexity index is 1630. The van der Waals surface area contributed by atoms with E-state index in [-0.39, 0.29) is 42.4 Å². The summed E-state index contributed by atoms with van der Waals surface area (Å²) < 4.78 is 28.8. The number of epoxide rings is 1. The van der Waals surface area contributed by atoms with Crippen LogP contribution in [0.1, 0.15) is 80.2 Å². The summed E-state index contributed by atoms with van der Waals surface area (Å²) in [6.07, 6.45) is 1.61. The Morgan fingerprint density at radius 2 is 1.93 bits per heavy atom. The Hall–Kier alpha value is -3.30. The third kappa shape index (κ3) is 10.3. The zero-order chi connectivity index (χ0) is 39.6. The second-order valence-electron chi connectivity index (χ2n) is 15.2. The fraction of sp³-hybridized carbons (Fsp3) is 0.641. The van der Waals surface area contributed by atoms with Gasteiger partial charge in [-0.1, -0.05) is 63.6 Å². The van der Waals surface area contributed by atoms with E-state index in [0.29, 0.717) is 24.3 Å². The number of aliphatic hydroxyl groups is 1. The number of carbonyl (C=O) groups is 4. The summed E-state index contributed by atoms with van der Waals surface area (Å²) in [5.41, 5.74) is -0.916. The first-order chi connectivity index (χ1) is 24.6. The van der Waals surface area contributed by atoms with Gasteiger partial charge in [0.05, 0.1) is 25.3 Å². The molecule has 4 bridgehead atoms. The van der Waals surface area contributed by atoms with Crippen LogP contribution in [0.3, 0.4) is 0 Å². The van der Waals surface area contributed by atoms with E-state index in [9.17, 15) is 24.3 Å². The molecule has 8 atom stereocenters. The van der Waals surface area contributed by atoms with Crippen LogP contribution >= 0.6 is 24.2 Å². The smallest absolute Gasteiger partial charge is 0.409 e. The number of ether oxygens (including phenoxy) is 5. The number of esters is 1. The summed E-state index contributed by atoms with van der Waals surface area (Å²) in [5.74, 6) is -1.58. The maximum Gasteiger partial charge on any atom is 0.409 e. The molecule has 1 aromatic carbocycles. The van der Waals surface area contributed by atoms with Crippen LogP contribution in [0.4, 0.5) is 10.5 Å². The predicted octanol–water partition coefficient (Wildman–Crippen LogP) is 5.64. The molecule has 3 aliphatic heterocycles. The van der Waals surface area contributed by atoms with E-state index in [1.165, 1.54) is 31.1 Å². The average molecular weight is 796 g/mol. The Morgan fingerprint density at radius 3 is 2.54 bits per heavy atom. The summed E-state index contributed by atoms with van der Waals surface area (Å²) in [4.78, 5) is 56.5. The highest BCUT2D eigenvalue weighted by Crippen LogP contribution is 2.49. The van der Waals surface area contributed by atoms with E-state index in [1.54, 1.807) is 52.1 Å². The molecule has 302 valence electrons. The van der Waals surface area contributed by atoms with Crippen molar-refractivity contribution < 1.29 is 48.0 Å². The number of amides is 3. The molecule has 2 N–H and O–H groups in total. The predicted molar refractivity (Wildman–Crippen MR) is 210 cm³/mol. The Morgan fingerprint density at radius 1 is 1.26 bits per heavy atom. The van der Waals surface area contributed by atoms with Crippen LogP contribution in [0.25, 0.3) is 0 Å². The van der Waals surface area contributed by atoms with Crippen molar-refractivity contribution in [1.82, 2.24) is 10.2 Å². The van der Waals surface area contributed by atoms with Gasteiger partial charge < -0.3 is 38.6 Å². The Labute approximate surface area is 330 Å². The molecule has 3 aliphatic rings. The van der Waals surface area contributed by atoms with Crippen molar-refractivity contribution in [2.75, 3.05) is 33.2 Å². The van der Waals surface area contributed by atoms with E-state index in [2.05, 4.69) is 17.9 Å². The quantitative estimate of drug-likeness (QED) is 0.171. The first-order valence-corrected chi connectivity index (χ1v) is 18.5. The normalized spacial score (nSPS) is 30.9. The second kappa shape index (κ2) is 17.7. The number of anilines is 1. The minimum Gasteiger partial charge on any atom is -0.495 e. The van der Waals surface area contributed by atoms with Crippen LogP contribution < -0.4 is 15.0 Å².